The van der Waals surface area contributed by atoms with Crippen molar-refractivity contribution < 1.29 is 18.5 Å². The summed E-state index contributed by atoms with van der Waals surface area (Å²) in [5, 5.41) is 10.9. The zero-order valence-corrected chi connectivity index (χ0v) is 9.34. The number of nitro groups is 1. The van der Waals surface area contributed by atoms with Crippen molar-refractivity contribution in [2.24, 2.45) is 0 Å². The molecule has 6 heteroatoms. The van der Waals surface area contributed by atoms with Crippen LogP contribution in [-0.2, 0) is 0 Å². The molecule has 18 heavy (non-hydrogen) atoms. The van der Waals surface area contributed by atoms with Gasteiger partial charge in [0.15, 0.2) is 12.0 Å². The second-order valence-electron chi connectivity index (χ2n) is 3.69. The summed E-state index contributed by atoms with van der Waals surface area (Å²) in [5.74, 6) is -0.463. The van der Waals surface area contributed by atoms with Crippen LogP contribution in [-0.4, -0.2) is 11.2 Å². The summed E-state index contributed by atoms with van der Waals surface area (Å²) in [4.78, 5) is 20.7. The topological polar surface area (TPSA) is 73.3 Å². The van der Waals surface area contributed by atoms with Gasteiger partial charge in [0.2, 0.25) is 0 Å². The van der Waals surface area contributed by atoms with E-state index in [2.05, 4.69) is 0 Å². The second-order valence-corrected chi connectivity index (χ2v) is 3.69. The maximum absolute atomic E-state index is 13.2. The van der Waals surface area contributed by atoms with Crippen molar-refractivity contribution in [2.45, 2.75) is 6.92 Å². The van der Waals surface area contributed by atoms with Crippen LogP contribution in [0, 0.1) is 22.9 Å². The number of carbonyl (C=O) groups is 1. The van der Waals surface area contributed by atoms with Crippen LogP contribution in [0.4, 0.5) is 10.1 Å². The lowest BCUT2D eigenvalue weighted by atomic mass is 10.0. The summed E-state index contributed by atoms with van der Waals surface area (Å²) < 4.78 is 18.3. The average Bonchev–Trinajstić information content (AvgIpc) is 2.76. The molecule has 2 rings (SSSR count). The van der Waals surface area contributed by atoms with Crippen molar-refractivity contribution in [2.75, 3.05) is 0 Å². The first-order chi connectivity index (χ1) is 8.52. The lowest BCUT2D eigenvalue weighted by Gasteiger charge is -2.04. The van der Waals surface area contributed by atoms with E-state index < -0.39 is 10.7 Å². The molecule has 92 valence electrons. The van der Waals surface area contributed by atoms with Crippen LogP contribution in [0.1, 0.15) is 16.1 Å². The monoisotopic (exact) mass is 249 g/mol. The maximum atomic E-state index is 13.2. The van der Waals surface area contributed by atoms with Crippen LogP contribution < -0.4 is 0 Å². The van der Waals surface area contributed by atoms with Crippen LogP contribution in [0.5, 0.6) is 0 Å². The normalized spacial score (nSPS) is 10.3. The summed E-state index contributed by atoms with van der Waals surface area (Å²) in [6.07, 6.45) is 0.494. The molecule has 5 nitrogen and oxygen atoms in total. The van der Waals surface area contributed by atoms with Crippen molar-refractivity contribution >= 4 is 12.0 Å². The second kappa shape index (κ2) is 4.40. The Labute approximate surface area is 101 Å². The van der Waals surface area contributed by atoms with Gasteiger partial charge >= 0.3 is 0 Å². The number of nitrogens with zero attached hydrogens (tertiary/aromatic N) is 1. The Morgan fingerprint density at radius 3 is 2.67 bits per heavy atom. The summed E-state index contributed by atoms with van der Waals surface area (Å²) >= 11 is 0. The molecule has 0 aliphatic heterocycles. The Balaban J connectivity index is 2.69. The van der Waals surface area contributed by atoms with Crippen LogP contribution in [0.15, 0.2) is 28.7 Å². The van der Waals surface area contributed by atoms with E-state index >= 15 is 0 Å². The summed E-state index contributed by atoms with van der Waals surface area (Å²) in [7, 11) is 0. The molecule has 2 aromatic rings. The Hall–Kier alpha value is -2.50. The van der Waals surface area contributed by atoms with E-state index in [-0.39, 0.29) is 22.8 Å². The van der Waals surface area contributed by atoms with E-state index in [1.807, 2.05) is 0 Å². The minimum atomic E-state index is -0.690. The van der Waals surface area contributed by atoms with Gasteiger partial charge in [-0.1, -0.05) is 0 Å². The van der Waals surface area contributed by atoms with Gasteiger partial charge in [-0.2, -0.15) is 0 Å². The first-order valence-electron chi connectivity index (χ1n) is 5.03. The quantitative estimate of drug-likeness (QED) is 0.476. The van der Waals surface area contributed by atoms with Gasteiger partial charge in [-0.05, 0) is 30.7 Å². The number of halogens is 1. The number of carbonyl (C=O) groups excluding carboxylic acids is 1. The molecule has 0 radical (unpaired) electrons. The third-order valence-corrected chi connectivity index (χ3v) is 2.47. The Morgan fingerprint density at radius 1 is 1.39 bits per heavy atom. The SMILES string of the molecule is Cc1cc(F)cc([N+](=O)[O-])c1-c1ccc(C=O)o1. The highest BCUT2D eigenvalue weighted by molar-refractivity contribution is 5.77. The fraction of sp³-hybridized carbons (Fsp3) is 0.0833. The molecule has 0 saturated carbocycles. The highest BCUT2D eigenvalue weighted by Crippen LogP contribution is 2.34. The predicted octanol–water partition coefficient (Wildman–Crippen LogP) is 3.11. The molecule has 0 unspecified atom stereocenters. The van der Waals surface area contributed by atoms with Crippen LogP contribution in [0.2, 0.25) is 0 Å². The molecule has 0 fully saturated rings. The number of hydrogen-bond acceptors (Lipinski definition) is 4. The first kappa shape index (κ1) is 12.0. The van der Waals surface area contributed by atoms with Crippen LogP contribution in [0.25, 0.3) is 11.3 Å². The van der Waals surface area contributed by atoms with E-state index in [0.717, 1.165) is 6.07 Å². The number of furan rings is 1. The maximum Gasteiger partial charge on any atom is 0.283 e. The summed E-state index contributed by atoms with van der Waals surface area (Å²) in [6, 6.07) is 4.84. The molecule has 1 aromatic carbocycles. The number of aldehydes is 1. The van der Waals surface area contributed by atoms with Crippen LogP contribution >= 0.6 is 0 Å². The minimum Gasteiger partial charge on any atom is -0.453 e. The third kappa shape index (κ3) is 2.00. The van der Waals surface area contributed by atoms with Crippen molar-refractivity contribution in [3.63, 3.8) is 0 Å². The Kier molecular flexibility index (Phi) is 2.93. The fourth-order valence-corrected chi connectivity index (χ4v) is 1.74. The first-order valence-corrected chi connectivity index (χ1v) is 5.03. The number of hydrogen-bond donors (Lipinski definition) is 0. The molecule has 1 heterocycles. The van der Waals surface area contributed by atoms with E-state index in [0.29, 0.717) is 11.8 Å². The van der Waals surface area contributed by atoms with Gasteiger partial charge in [0.05, 0.1) is 16.6 Å². The predicted molar refractivity (Wildman–Crippen MR) is 60.9 cm³/mol. The number of nitro benzene ring substituents is 1. The van der Waals surface area contributed by atoms with E-state index in [4.69, 9.17) is 4.42 Å². The van der Waals surface area contributed by atoms with Gasteiger partial charge < -0.3 is 4.42 Å². The lowest BCUT2D eigenvalue weighted by Crippen LogP contribution is -1.95. The number of rotatable bonds is 3. The molecule has 1 aromatic heterocycles. The Morgan fingerprint density at radius 2 is 2.11 bits per heavy atom. The Bertz CT molecular complexity index is 633. The van der Waals surface area contributed by atoms with Gasteiger partial charge in [0, 0.05) is 0 Å². The summed E-state index contributed by atoms with van der Waals surface area (Å²) in [6.45, 7) is 1.54. The molecule has 0 aliphatic carbocycles. The van der Waals surface area contributed by atoms with Gasteiger partial charge in [0.1, 0.15) is 11.6 Å². The highest BCUT2D eigenvalue weighted by atomic mass is 19.1. The van der Waals surface area contributed by atoms with Crippen molar-refractivity contribution in [1.29, 1.82) is 0 Å². The number of benzene rings is 1. The zero-order valence-electron chi connectivity index (χ0n) is 9.34. The molecule has 0 amide bonds. The standard InChI is InChI=1S/C12H8FNO4/c1-7-4-8(13)5-10(14(16)17)12(7)11-3-2-9(6-15)18-11/h2-6H,1H3. The smallest absolute Gasteiger partial charge is 0.283 e. The molecule has 0 aliphatic rings. The van der Waals surface area contributed by atoms with Crippen molar-refractivity contribution in [3.8, 4) is 11.3 Å². The zero-order chi connectivity index (χ0) is 13.3. The molecule has 0 spiro atoms. The molecule has 0 N–H and O–H groups in total. The molecule has 0 atom stereocenters. The van der Waals surface area contributed by atoms with Crippen molar-refractivity contribution in [1.82, 2.24) is 0 Å². The molecule has 0 bridgehead atoms. The van der Waals surface area contributed by atoms with Crippen molar-refractivity contribution in [3.05, 3.63) is 51.5 Å². The average molecular weight is 249 g/mol. The molecule has 0 saturated heterocycles. The fourth-order valence-electron chi connectivity index (χ4n) is 1.74. The number of aryl methyl sites for hydroxylation is 1. The van der Waals surface area contributed by atoms with Gasteiger partial charge in [0.25, 0.3) is 5.69 Å². The molecular weight excluding hydrogens is 241 g/mol. The van der Waals surface area contributed by atoms with Gasteiger partial charge in [-0.15, -0.1) is 0 Å². The lowest BCUT2D eigenvalue weighted by molar-refractivity contribution is -0.384. The largest absolute Gasteiger partial charge is 0.453 e. The van der Waals surface area contributed by atoms with E-state index in [9.17, 15) is 19.3 Å². The van der Waals surface area contributed by atoms with Gasteiger partial charge in [-0.25, -0.2) is 4.39 Å². The van der Waals surface area contributed by atoms with Crippen LogP contribution in [0.3, 0.4) is 0 Å². The highest BCUT2D eigenvalue weighted by Gasteiger charge is 2.22. The minimum absolute atomic E-state index is 0.0584. The third-order valence-electron chi connectivity index (χ3n) is 2.47. The van der Waals surface area contributed by atoms with Gasteiger partial charge in [-0.3, -0.25) is 14.9 Å². The summed E-state index contributed by atoms with van der Waals surface area (Å²) in [5.41, 5.74) is 0.155. The van der Waals surface area contributed by atoms with E-state index in [1.54, 1.807) is 0 Å². The molecular formula is C12H8FNO4. The van der Waals surface area contributed by atoms with E-state index in [1.165, 1.54) is 25.1 Å².